The molecule has 4 nitrogen and oxygen atoms in total. The maximum absolute atomic E-state index is 9.62. The van der Waals surface area contributed by atoms with E-state index in [4.69, 9.17) is 4.52 Å². The third-order valence-corrected chi connectivity index (χ3v) is 2.74. The molecule has 1 heterocycles. The molecule has 1 N–H and O–H groups in total. The minimum atomic E-state index is -0.563. The lowest BCUT2D eigenvalue weighted by atomic mass is 10.2. The summed E-state index contributed by atoms with van der Waals surface area (Å²) in [6.45, 7) is 4.18. The minimum absolute atomic E-state index is 0.435. The monoisotopic (exact) mass is 196 g/mol. The molecule has 0 aliphatic heterocycles. The van der Waals surface area contributed by atoms with Crippen LogP contribution in [0, 0.1) is 5.92 Å². The van der Waals surface area contributed by atoms with Crippen molar-refractivity contribution in [1.82, 2.24) is 10.1 Å². The van der Waals surface area contributed by atoms with Crippen LogP contribution in [0.1, 0.15) is 56.8 Å². The van der Waals surface area contributed by atoms with Gasteiger partial charge >= 0.3 is 0 Å². The second-order valence-corrected chi connectivity index (χ2v) is 4.11. The molecular formula is C10H16N2O2. The molecule has 3 atom stereocenters. The van der Waals surface area contributed by atoms with Gasteiger partial charge in [-0.15, -0.1) is 0 Å². The van der Waals surface area contributed by atoms with E-state index in [2.05, 4.69) is 17.1 Å². The van der Waals surface area contributed by atoms with Crippen molar-refractivity contribution >= 4 is 0 Å². The Bertz CT molecular complexity index is 311. The highest BCUT2D eigenvalue weighted by Gasteiger charge is 2.39. The van der Waals surface area contributed by atoms with Crippen molar-refractivity contribution in [3.63, 3.8) is 0 Å². The van der Waals surface area contributed by atoms with Crippen molar-refractivity contribution in [2.24, 2.45) is 5.92 Å². The van der Waals surface area contributed by atoms with E-state index in [0.717, 1.165) is 12.8 Å². The van der Waals surface area contributed by atoms with E-state index < -0.39 is 6.10 Å². The third kappa shape index (κ3) is 1.80. The van der Waals surface area contributed by atoms with E-state index in [1.807, 2.05) is 6.92 Å². The summed E-state index contributed by atoms with van der Waals surface area (Å²) in [5, 5.41) is 13.4. The summed E-state index contributed by atoms with van der Waals surface area (Å²) in [6, 6.07) is 0. The predicted octanol–water partition coefficient (Wildman–Crippen LogP) is 2.03. The summed E-state index contributed by atoms with van der Waals surface area (Å²) >= 11 is 0. The van der Waals surface area contributed by atoms with Gasteiger partial charge in [-0.1, -0.05) is 25.4 Å². The van der Waals surface area contributed by atoms with Gasteiger partial charge in [0, 0.05) is 5.92 Å². The summed E-state index contributed by atoms with van der Waals surface area (Å²) in [5.41, 5.74) is 0. The Balaban J connectivity index is 2.02. The van der Waals surface area contributed by atoms with E-state index in [-0.39, 0.29) is 0 Å². The van der Waals surface area contributed by atoms with Gasteiger partial charge < -0.3 is 9.63 Å². The first-order valence-electron chi connectivity index (χ1n) is 5.24. The first-order valence-corrected chi connectivity index (χ1v) is 5.24. The Kier molecular flexibility index (Phi) is 2.54. The average Bonchev–Trinajstić information content (AvgIpc) is 2.70. The molecule has 1 fully saturated rings. The zero-order valence-corrected chi connectivity index (χ0v) is 8.60. The lowest BCUT2D eigenvalue weighted by Gasteiger charge is -2.01. The summed E-state index contributed by atoms with van der Waals surface area (Å²) < 4.78 is 5.11. The molecule has 0 bridgehead atoms. The Morgan fingerprint density at radius 2 is 2.36 bits per heavy atom. The zero-order chi connectivity index (χ0) is 10.1. The van der Waals surface area contributed by atoms with E-state index in [9.17, 15) is 5.11 Å². The largest absolute Gasteiger partial charge is 0.385 e. The van der Waals surface area contributed by atoms with E-state index in [1.54, 1.807) is 0 Å². The van der Waals surface area contributed by atoms with Crippen LogP contribution < -0.4 is 0 Å². The number of aliphatic hydroxyl groups is 1. The van der Waals surface area contributed by atoms with Crippen LogP contribution >= 0.6 is 0 Å². The Hall–Kier alpha value is -0.900. The summed E-state index contributed by atoms with van der Waals surface area (Å²) in [6.07, 6.45) is 2.18. The molecular weight excluding hydrogens is 180 g/mol. The van der Waals surface area contributed by atoms with Gasteiger partial charge in [0.05, 0.1) is 0 Å². The quantitative estimate of drug-likeness (QED) is 0.800. The normalized spacial score (nSPS) is 27.6. The van der Waals surface area contributed by atoms with Crippen LogP contribution in [-0.2, 0) is 0 Å². The molecule has 1 saturated carbocycles. The van der Waals surface area contributed by atoms with E-state index in [0.29, 0.717) is 30.0 Å². The zero-order valence-electron chi connectivity index (χ0n) is 8.60. The number of aromatic nitrogens is 2. The van der Waals surface area contributed by atoms with Crippen LogP contribution in [0.15, 0.2) is 4.52 Å². The van der Waals surface area contributed by atoms with Crippen molar-refractivity contribution in [2.45, 2.75) is 45.1 Å². The number of hydrogen-bond acceptors (Lipinski definition) is 4. The van der Waals surface area contributed by atoms with E-state index in [1.165, 1.54) is 0 Å². The summed E-state index contributed by atoms with van der Waals surface area (Å²) in [5.74, 6) is 2.24. The molecule has 0 amide bonds. The van der Waals surface area contributed by atoms with E-state index >= 15 is 0 Å². The third-order valence-electron chi connectivity index (χ3n) is 2.74. The van der Waals surface area contributed by atoms with Gasteiger partial charge in [0.15, 0.2) is 5.82 Å². The smallest absolute Gasteiger partial charge is 0.230 e. The molecule has 1 aromatic rings. The molecule has 0 aromatic carbocycles. The fraction of sp³-hybridized carbons (Fsp3) is 0.800. The van der Waals surface area contributed by atoms with Gasteiger partial charge in [-0.05, 0) is 18.8 Å². The van der Waals surface area contributed by atoms with Crippen LogP contribution in [-0.4, -0.2) is 15.2 Å². The number of hydrogen-bond donors (Lipinski definition) is 1. The molecule has 3 unspecified atom stereocenters. The van der Waals surface area contributed by atoms with Crippen LogP contribution in [0.2, 0.25) is 0 Å². The number of aliphatic hydroxyl groups excluding tert-OH is 1. The molecule has 78 valence electrons. The predicted molar refractivity (Wildman–Crippen MR) is 50.7 cm³/mol. The van der Waals surface area contributed by atoms with Crippen LogP contribution in [0.3, 0.4) is 0 Å². The molecule has 0 saturated heterocycles. The van der Waals surface area contributed by atoms with Gasteiger partial charge in [0.2, 0.25) is 5.89 Å². The highest BCUT2D eigenvalue weighted by Crippen LogP contribution is 2.46. The summed E-state index contributed by atoms with van der Waals surface area (Å²) in [4.78, 5) is 4.21. The highest BCUT2D eigenvalue weighted by molar-refractivity contribution is 5.06. The van der Waals surface area contributed by atoms with Crippen molar-refractivity contribution in [3.8, 4) is 0 Å². The molecule has 14 heavy (non-hydrogen) atoms. The van der Waals surface area contributed by atoms with Gasteiger partial charge in [-0.2, -0.15) is 4.98 Å². The SMILES string of the molecule is CCCC(O)c1noc(C2CC2C)n1. The Morgan fingerprint density at radius 1 is 1.64 bits per heavy atom. The van der Waals surface area contributed by atoms with Crippen LogP contribution in [0.25, 0.3) is 0 Å². The Labute approximate surface area is 83.3 Å². The van der Waals surface area contributed by atoms with Crippen LogP contribution in [0.4, 0.5) is 0 Å². The molecule has 1 aromatic heterocycles. The van der Waals surface area contributed by atoms with Crippen molar-refractivity contribution < 1.29 is 9.63 Å². The molecule has 4 heteroatoms. The molecule has 1 aliphatic rings. The topological polar surface area (TPSA) is 59.2 Å². The minimum Gasteiger partial charge on any atom is -0.385 e. The fourth-order valence-corrected chi connectivity index (χ4v) is 1.60. The van der Waals surface area contributed by atoms with Crippen molar-refractivity contribution in [1.29, 1.82) is 0 Å². The molecule has 2 rings (SSSR count). The maximum atomic E-state index is 9.62. The van der Waals surface area contributed by atoms with Gasteiger partial charge in [0.1, 0.15) is 6.10 Å². The molecule has 0 radical (unpaired) electrons. The highest BCUT2D eigenvalue weighted by atomic mass is 16.5. The summed E-state index contributed by atoms with van der Waals surface area (Å²) in [7, 11) is 0. The second-order valence-electron chi connectivity index (χ2n) is 4.11. The molecule has 0 spiro atoms. The maximum Gasteiger partial charge on any atom is 0.230 e. The number of rotatable bonds is 4. The fourth-order valence-electron chi connectivity index (χ4n) is 1.60. The average molecular weight is 196 g/mol. The van der Waals surface area contributed by atoms with Gasteiger partial charge in [0.25, 0.3) is 0 Å². The molecule has 1 aliphatic carbocycles. The Morgan fingerprint density at radius 3 is 2.93 bits per heavy atom. The van der Waals surface area contributed by atoms with Crippen molar-refractivity contribution in [3.05, 3.63) is 11.7 Å². The van der Waals surface area contributed by atoms with Crippen molar-refractivity contribution in [2.75, 3.05) is 0 Å². The second kappa shape index (κ2) is 3.69. The van der Waals surface area contributed by atoms with Gasteiger partial charge in [-0.3, -0.25) is 0 Å². The lowest BCUT2D eigenvalue weighted by Crippen LogP contribution is -1.99. The number of nitrogens with zero attached hydrogens (tertiary/aromatic N) is 2. The first-order chi connectivity index (χ1) is 6.72. The lowest BCUT2D eigenvalue weighted by molar-refractivity contribution is 0.152. The van der Waals surface area contributed by atoms with Gasteiger partial charge in [-0.25, -0.2) is 0 Å². The first kappa shape index (κ1) is 9.65. The van der Waals surface area contributed by atoms with Crippen LogP contribution in [0.5, 0.6) is 0 Å². The standard InChI is InChI=1S/C10H16N2O2/c1-3-4-8(13)9-11-10(14-12-9)7-5-6(7)2/h6-8,13H,3-5H2,1-2H3.